The molecule has 26 heavy (non-hydrogen) atoms. The van der Waals surface area contributed by atoms with Crippen LogP contribution in [0.4, 0.5) is 0 Å². The van der Waals surface area contributed by atoms with E-state index in [1.807, 2.05) is 11.6 Å². The van der Waals surface area contributed by atoms with E-state index in [1.165, 1.54) is 24.0 Å². The predicted octanol–water partition coefficient (Wildman–Crippen LogP) is 2.14. The zero-order chi connectivity index (χ0) is 18.1. The molecule has 2 saturated heterocycles. The van der Waals surface area contributed by atoms with E-state index in [4.69, 9.17) is 5.11 Å². The van der Waals surface area contributed by atoms with Gasteiger partial charge in [-0.3, -0.25) is 9.58 Å². The minimum absolute atomic E-state index is 0.0285. The summed E-state index contributed by atoms with van der Waals surface area (Å²) in [6, 6.07) is 11.6. The zero-order valence-electron chi connectivity index (χ0n) is 15.5. The van der Waals surface area contributed by atoms with E-state index in [0.29, 0.717) is 18.6 Å². The maximum Gasteiger partial charge on any atom is 0.0641 e. The summed E-state index contributed by atoms with van der Waals surface area (Å²) >= 11 is 0. The van der Waals surface area contributed by atoms with Gasteiger partial charge in [-0.05, 0) is 38.2 Å². The van der Waals surface area contributed by atoms with Gasteiger partial charge in [-0.25, -0.2) is 0 Å². The first-order chi connectivity index (χ1) is 12.6. The van der Waals surface area contributed by atoms with Crippen molar-refractivity contribution in [1.82, 2.24) is 14.7 Å². The number of rotatable bonds is 7. The fraction of sp³-hybridized carbons (Fsp3) is 0.571. The highest BCUT2D eigenvalue weighted by Gasteiger charge is 2.55. The lowest BCUT2D eigenvalue weighted by molar-refractivity contribution is 0.0750. The number of benzene rings is 1. The quantitative estimate of drug-likeness (QED) is 0.799. The molecule has 4 rings (SSSR count). The van der Waals surface area contributed by atoms with E-state index in [9.17, 15) is 5.11 Å². The molecule has 1 aromatic carbocycles. The van der Waals surface area contributed by atoms with Crippen LogP contribution in [0.3, 0.4) is 0 Å². The molecule has 2 bridgehead atoms. The summed E-state index contributed by atoms with van der Waals surface area (Å²) in [5.74, 6) is 0. The number of hydrogen-bond donors (Lipinski definition) is 2. The third-order valence-corrected chi connectivity index (χ3v) is 6.44. The smallest absolute Gasteiger partial charge is 0.0641 e. The molecule has 0 saturated carbocycles. The number of nitrogens with zero attached hydrogens (tertiary/aromatic N) is 3. The first-order valence-electron chi connectivity index (χ1n) is 9.69. The van der Waals surface area contributed by atoms with Gasteiger partial charge >= 0.3 is 0 Å². The molecular weight excluding hydrogens is 326 g/mol. The molecule has 2 aliphatic heterocycles. The molecule has 0 unspecified atom stereocenters. The van der Waals surface area contributed by atoms with E-state index in [2.05, 4.69) is 46.5 Å². The summed E-state index contributed by atoms with van der Waals surface area (Å²) in [4.78, 5) is 2.60. The van der Waals surface area contributed by atoms with E-state index < -0.39 is 0 Å². The Morgan fingerprint density at radius 2 is 2.00 bits per heavy atom. The van der Waals surface area contributed by atoms with Crippen LogP contribution in [0, 0.1) is 12.3 Å². The first-order valence-corrected chi connectivity index (χ1v) is 9.69. The molecule has 5 nitrogen and oxygen atoms in total. The Hall–Kier alpha value is -1.69. The summed E-state index contributed by atoms with van der Waals surface area (Å²) in [5.41, 5.74) is 3.58. The summed E-state index contributed by atoms with van der Waals surface area (Å²) in [5, 5.41) is 24.0. The van der Waals surface area contributed by atoms with Crippen LogP contribution in [-0.4, -0.2) is 50.2 Å². The third-order valence-electron chi connectivity index (χ3n) is 6.44. The molecule has 2 N–H and O–H groups in total. The van der Waals surface area contributed by atoms with Crippen LogP contribution in [0.1, 0.15) is 36.1 Å². The van der Waals surface area contributed by atoms with Crippen LogP contribution >= 0.6 is 0 Å². The Labute approximate surface area is 155 Å². The van der Waals surface area contributed by atoms with Crippen molar-refractivity contribution in [3.8, 4) is 0 Å². The Morgan fingerprint density at radius 3 is 2.73 bits per heavy atom. The molecule has 3 atom stereocenters. The second-order valence-electron chi connectivity index (χ2n) is 8.03. The van der Waals surface area contributed by atoms with E-state index in [-0.39, 0.29) is 18.6 Å². The van der Waals surface area contributed by atoms with Gasteiger partial charge in [0.15, 0.2) is 0 Å². The molecule has 5 heteroatoms. The normalized spacial score (nSPS) is 28.1. The van der Waals surface area contributed by atoms with Crippen LogP contribution in [0.5, 0.6) is 0 Å². The lowest BCUT2D eigenvalue weighted by Gasteiger charge is -2.36. The number of aliphatic hydroxyl groups is 2. The molecule has 140 valence electrons. The number of hydrogen-bond acceptors (Lipinski definition) is 4. The van der Waals surface area contributed by atoms with Crippen LogP contribution in [0.25, 0.3) is 0 Å². The largest absolute Gasteiger partial charge is 0.396 e. The van der Waals surface area contributed by atoms with Crippen LogP contribution in [0.15, 0.2) is 36.5 Å². The number of fused-ring (bicyclic) bond motifs is 2. The Balaban J connectivity index is 1.54. The molecule has 3 heterocycles. The highest BCUT2D eigenvalue weighted by Crippen LogP contribution is 2.51. The third kappa shape index (κ3) is 3.08. The molecule has 2 aromatic rings. The van der Waals surface area contributed by atoms with E-state index in [0.717, 1.165) is 25.1 Å². The van der Waals surface area contributed by atoms with Gasteiger partial charge in [0.25, 0.3) is 0 Å². The number of aromatic nitrogens is 2. The Bertz CT molecular complexity index is 745. The molecule has 1 aromatic heterocycles. The topological polar surface area (TPSA) is 61.5 Å². The van der Waals surface area contributed by atoms with Crippen molar-refractivity contribution in [3.05, 3.63) is 53.3 Å². The van der Waals surface area contributed by atoms with Crippen molar-refractivity contribution < 1.29 is 10.2 Å². The lowest BCUT2D eigenvalue weighted by atomic mass is 9.70. The summed E-state index contributed by atoms with van der Waals surface area (Å²) < 4.78 is 1.84. The zero-order valence-corrected chi connectivity index (χ0v) is 15.5. The fourth-order valence-electron chi connectivity index (χ4n) is 5.20. The Kier molecular flexibility index (Phi) is 4.86. The molecule has 0 spiro atoms. The van der Waals surface area contributed by atoms with E-state index in [1.54, 1.807) is 0 Å². The molecule has 0 aliphatic carbocycles. The second kappa shape index (κ2) is 7.14. The van der Waals surface area contributed by atoms with E-state index >= 15 is 0 Å². The average Bonchev–Trinajstić information content (AvgIpc) is 3.28. The van der Waals surface area contributed by atoms with Gasteiger partial charge in [0.1, 0.15) is 0 Å². The number of aliphatic hydroxyl groups excluding tert-OH is 2. The number of aryl methyl sites for hydroxylation is 1. The summed E-state index contributed by atoms with van der Waals surface area (Å²) in [6.45, 7) is 3.85. The van der Waals surface area contributed by atoms with Crippen molar-refractivity contribution >= 4 is 0 Å². The molecule has 0 amide bonds. The highest BCUT2D eigenvalue weighted by atomic mass is 16.3. The monoisotopic (exact) mass is 355 g/mol. The standard InChI is InChI=1S/C21H29N3O2/c1-16-18(13-23(22-16)9-10-25)14-24-19-7-8-20(24)21(12-19,15-26)11-17-5-3-2-4-6-17/h2-6,13,19-20,25-26H,7-12,14-15H2,1H3/t19-,20+,21-/m0/s1. The van der Waals surface area contributed by atoms with Crippen molar-refractivity contribution in [2.75, 3.05) is 13.2 Å². The molecule has 2 fully saturated rings. The van der Waals surface area contributed by atoms with Gasteiger partial charge < -0.3 is 10.2 Å². The summed E-state index contributed by atoms with van der Waals surface area (Å²) in [6.07, 6.45) is 6.49. The van der Waals surface area contributed by atoms with Gasteiger partial charge in [-0.1, -0.05) is 30.3 Å². The molecule has 2 aliphatic rings. The average molecular weight is 355 g/mol. The van der Waals surface area contributed by atoms with Gasteiger partial charge in [0.05, 0.1) is 25.5 Å². The fourth-order valence-corrected chi connectivity index (χ4v) is 5.20. The van der Waals surface area contributed by atoms with Crippen molar-refractivity contribution in [3.63, 3.8) is 0 Å². The van der Waals surface area contributed by atoms with Crippen LogP contribution in [0.2, 0.25) is 0 Å². The van der Waals surface area contributed by atoms with Gasteiger partial charge in [0.2, 0.25) is 0 Å². The lowest BCUT2D eigenvalue weighted by Crippen LogP contribution is -2.41. The maximum atomic E-state index is 10.3. The van der Waals surface area contributed by atoms with Crippen molar-refractivity contribution in [2.24, 2.45) is 5.41 Å². The van der Waals surface area contributed by atoms with Crippen LogP contribution in [-0.2, 0) is 19.5 Å². The summed E-state index contributed by atoms with van der Waals surface area (Å²) in [7, 11) is 0. The van der Waals surface area contributed by atoms with Gasteiger partial charge in [0, 0.05) is 35.8 Å². The van der Waals surface area contributed by atoms with Gasteiger partial charge in [-0.15, -0.1) is 0 Å². The maximum absolute atomic E-state index is 10.3. The minimum atomic E-state index is -0.0285. The SMILES string of the molecule is Cc1nn(CCO)cc1CN1[C@H]2CC[C@@H]1[C@@](CO)(Cc1ccccc1)C2. The predicted molar refractivity (Wildman–Crippen MR) is 101 cm³/mol. The van der Waals surface area contributed by atoms with Crippen molar-refractivity contribution in [2.45, 2.75) is 57.8 Å². The first kappa shape index (κ1) is 17.7. The highest BCUT2D eigenvalue weighted by molar-refractivity contribution is 5.22. The minimum Gasteiger partial charge on any atom is -0.396 e. The molecular formula is C21H29N3O2. The Morgan fingerprint density at radius 1 is 1.19 bits per heavy atom. The molecule has 0 radical (unpaired) electrons. The van der Waals surface area contributed by atoms with Crippen LogP contribution < -0.4 is 0 Å². The van der Waals surface area contributed by atoms with Gasteiger partial charge in [-0.2, -0.15) is 5.10 Å². The van der Waals surface area contributed by atoms with Crippen molar-refractivity contribution in [1.29, 1.82) is 0 Å². The second-order valence-corrected chi connectivity index (χ2v) is 8.03.